The highest BCUT2D eigenvalue weighted by molar-refractivity contribution is 6.33. The fourth-order valence-electron chi connectivity index (χ4n) is 5.58. The maximum absolute atomic E-state index is 13.8. The summed E-state index contributed by atoms with van der Waals surface area (Å²) >= 11 is 0. The number of fused-ring (bicyclic) bond motifs is 1. The normalized spacial score (nSPS) is 18.8. The lowest BCUT2D eigenvalue weighted by Crippen LogP contribution is -2.50. The molecule has 3 aromatic rings. The number of nitrogens with zero attached hydrogens (tertiary/aromatic N) is 1. The van der Waals surface area contributed by atoms with Crippen molar-refractivity contribution in [2.75, 3.05) is 13.1 Å². The second-order valence-corrected chi connectivity index (χ2v) is 9.13. The molecular weight excluding hydrogens is 439 g/mol. The van der Waals surface area contributed by atoms with Crippen LogP contribution in [0.4, 0.5) is 13.2 Å². The van der Waals surface area contributed by atoms with Gasteiger partial charge in [0.1, 0.15) is 5.41 Å². The fraction of sp³-hybridized carbons (Fsp3) is 0.286. The van der Waals surface area contributed by atoms with Crippen molar-refractivity contribution in [3.63, 3.8) is 0 Å². The van der Waals surface area contributed by atoms with E-state index < -0.39 is 17.2 Å². The van der Waals surface area contributed by atoms with Gasteiger partial charge in [-0.05, 0) is 49.0 Å². The van der Waals surface area contributed by atoms with Crippen LogP contribution in [0.15, 0.2) is 78.9 Å². The first-order valence-electron chi connectivity index (χ1n) is 11.4. The van der Waals surface area contributed by atoms with Gasteiger partial charge in [-0.3, -0.25) is 14.5 Å². The summed E-state index contributed by atoms with van der Waals surface area (Å²) in [6.07, 6.45) is -3.46. The molecule has 1 aliphatic heterocycles. The zero-order valence-electron chi connectivity index (χ0n) is 18.5. The van der Waals surface area contributed by atoms with Gasteiger partial charge >= 0.3 is 6.18 Å². The maximum Gasteiger partial charge on any atom is 0.416 e. The summed E-state index contributed by atoms with van der Waals surface area (Å²) in [6, 6.07) is 21.4. The number of alkyl halides is 3. The van der Waals surface area contributed by atoms with E-state index in [-0.39, 0.29) is 23.0 Å². The third-order valence-corrected chi connectivity index (χ3v) is 7.23. The van der Waals surface area contributed by atoms with Crippen LogP contribution in [0.1, 0.15) is 50.2 Å². The minimum absolute atomic E-state index is 0.148. The van der Waals surface area contributed by atoms with E-state index in [4.69, 9.17) is 0 Å². The van der Waals surface area contributed by atoms with Crippen molar-refractivity contribution in [2.24, 2.45) is 5.92 Å². The zero-order chi connectivity index (χ0) is 23.9. The number of carbonyl (C=O) groups excluding carboxylic acids is 2. The van der Waals surface area contributed by atoms with Gasteiger partial charge in [-0.25, -0.2) is 0 Å². The molecule has 0 amide bonds. The first-order valence-corrected chi connectivity index (χ1v) is 11.4. The molecule has 0 radical (unpaired) electrons. The molecule has 1 aliphatic carbocycles. The van der Waals surface area contributed by atoms with E-state index in [9.17, 15) is 22.8 Å². The van der Waals surface area contributed by atoms with E-state index in [0.29, 0.717) is 37.1 Å². The number of likely N-dealkylation sites (tertiary alicyclic amines) is 1. The average Bonchev–Trinajstić information content (AvgIpc) is 3.07. The highest BCUT2D eigenvalue weighted by atomic mass is 19.4. The monoisotopic (exact) mass is 463 g/mol. The van der Waals surface area contributed by atoms with Crippen molar-refractivity contribution in [3.05, 3.63) is 107 Å². The number of benzene rings is 3. The van der Waals surface area contributed by atoms with Crippen LogP contribution in [0, 0.1) is 5.92 Å². The molecule has 0 unspecified atom stereocenters. The van der Waals surface area contributed by atoms with Gasteiger partial charge in [-0.15, -0.1) is 0 Å². The van der Waals surface area contributed by atoms with E-state index >= 15 is 0 Å². The molecule has 0 atom stereocenters. The predicted octanol–water partition coefficient (Wildman–Crippen LogP) is 5.93. The summed E-state index contributed by atoms with van der Waals surface area (Å²) in [5.74, 6) is -1.14. The van der Waals surface area contributed by atoms with Crippen LogP contribution in [0.25, 0.3) is 0 Å². The molecule has 1 fully saturated rings. The maximum atomic E-state index is 13.8. The van der Waals surface area contributed by atoms with Gasteiger partial charge < -0.3 is 0 Å². The lowest BCUT2D eigenvalue weighted by Gasteiger charge is -2.41. The molecule has 1 heterocycles. The first-order chi connectivity index (χ1) is 16.3. The summed E-state index contributed by atoms with van der Waals surface area (Å²) in [5, 5.41) is 0. The number of piperidine rings is 1. The Kier molecular flexibility index (Phi) is 5.64. The van der Waals surface area contributed by atoms with Crippen molar-refractivity contribution in [1.29, 1.82) is 0 Å². The summed E-state index contributed by atoms with van der Waals surface area (Å²) in [5.41, 5.74) is -0.538. The number of carbonyl (C=O) groups is 2. The quantitative estimate of drug-likeness (QED) is 0.450. The number of hydrogen-bond donors (Lipinski definition) is 0. The number of hydrogen-bond acceptors (Lipinski definition) is 3. The Morgan fingerprint density at radius 2 is 1.38 bits per heavy atom. The van der Waals surface area contributed by atoms with Gasteiger partial charge in [0.05, 0.1) is 5.56 Å². The number of Topliss-reactive ketones (excluding diaryl/α,β-unsaturated/α-hetero) is 2. The Hall–Kier alpha value is -3.25. The molecule has 0 N–H and O–H groups in total. The van der Waals surface area contributed by atoms with Crippen LogP contribution in [0.5, 0.6) is 0 Å². The highest BCUT2D eigenvalue weighted by Gasteiger charge is 2.58. The second kappa shape index (κ2) is 8.51. The van der Waals surface area contributed by atoms with Crippen molar-refractivity contribution in [2.45, 2.75) is 31.0 Å². The molecule has 34 heavy (non-hydrogen) atoms. The summed E-state index contributed by atoms with van der Waals surface area (Å²) < 4.78 is 40.7. The number of rotatable bonds is 4. The van der Waals surface area contributed by atoms with Crippen LogP contribution >= 0.6 is 0 Å². The van der Waals surface area contributed by atoms with Crippen LogP contribution < -0.4 is 0 Å². The Morgan fingerprint density at radius 3 is 1.97 bits per heavy atom. The molecule has 0 spiro atoms. The van der Waals surface area contributed by atoms with Crippen molar-refractivity contribution < 1.29 is 22.8 Å². The summed E-state index contributed by atoms with van der Waals surface area (Å²) in [4.78, 5) is 30.0. The molecule has 5 rings (SSSR count). The van der Waals surface area contributed by atoms with E-state index in [2.05, 4.69) is 17.0 Å². The van der Waals surface area contributed by atoms with Gasteiger partial charge in [0.25, 0.3) is 0 Å². The molecule has 3 nitrogen and oxygen atoms in total. The van der Waals surface area contributed by atoms with Gasteiger partial charge in [-0.2, -0.15) is 13.2 Å². The Bertz CT molecular complexity index is 1190. The van der Waals surface area contributed by atoms with Crippen molar-refractivity contribution >= 4 is 11.6 Å². The first kappa shape index (κ1) is 22.5. The lowest BCUT2D eigenvalue weighted by atomic mass is 9.63. The molecule has 2 aliphatic rings. The number of ketones is 2. The SMILES string of the molecule is O=C1c2ccccc2C(=O)C1(c1cccc(C(F)(F)F)c1)C1CCN(Cc2ccccc2)CC1. The van der Waals surface area contributed by atoms with Crippen molar-refractivity contribution in [1.82, 2.24) is 4.90 Å². The Balaban J connectivity index is 1.52. The standard InChI is InChI=1S/C28H24F3NO2/c29-28(30,31)22-10-6-9-21(17-22)27(25(33)23-11-4-5-12-24(23)26(27)34)20-13-15-32(16-14-20)18-19-7-2-1-3-8-19/h1-12,17,20H,13-16,18H2. The van der Waals surface area contributed by atoms with Gasteiger partial charge in [-0.1, -0.05) is 72.8 Å². The molecule has 1 saturated heterocycles. The third kappa shape index (κ3) is 3.66. The zero-order valence-corrected chi connectivity index (χ0v) is 18.5. The minimum atomic E-state index is -4.56. The molecular formula is C28H24F3NO2. The van der Waals surface area contributed by atoms with E-state index in [1.54, 1.807) is 24.3 Å². The van der Waals surface area contributed by atoms with E-state index in [1.165, 1.54) is 17.7 Å². The molecule has 0 bridgehead atoms. The van der Waals surface area contributed by atoms with Crippen LogP contribution in [-0.4, -0.2) is 29.6 Å². The molecule has 6 heteroatoms. The van der Waals surface area contributed by atoms with Crippen LogP contribution in [-0.2, 0) is 18.1 Å². The Morgan fingerprint density at radius 1 is 0.794 bits per heavy atom. The number of halogens is 3. The molecule has 0 aromatic heterocycles. The van der Waals surface area contributed by atoms with Gasteiger partial charge in [0, 0.05) is 17.7 Å². The van der Waals surface area contributed by atoms with E-state index in [1.807, 2.05) is 18.2 Å². The largest absolute Gasteiger partial charge is 0.416 e. The van der Waals surface area contributed by atoms with Crippen molar-refractivity contribution in [3.8, 4) is 0 Å². The fourth-order valence-corrected chi connectivity index (χ4v) is 5.58. The van der Waals surface area contributed by atoms with Gasteiger partial charge in [0.2, 0.25) is 0 Å². The summed E-state index contributed by atoms with van der Waals surface area (Å²) in [6.45, 7) is 2.08. The van der Waals surface area contributed by atoms with Crippen LogP contribution in [0.2, 0.25) is 0 Å². The lowest BCUT2D eigenvalue weighted by molar-refractivity contribution is -0.137. The summed E-state index contributed by atoms with van der Waals surface area (Å²) in [7, 11) is 0. The Labute approximate surface area is 196 Å². The topological polar surface area (TPSA) is 37.4 Å². The molecule has 0 saturated carbocycles. The smallest absolute Gasteiger partial charge is 0.299 e. The average molecular weight is 463 g/mol. The van der Waals surface area contributed by atoms with Crippen LogP contribution in [0.3, 0.4) is 0 Å². The predicted molar refractivity (Wildman–Crippen MR) is 123 cm³/mol. The van der Waals surface area contributed by atoms with Gasteiger partial charge in [0.15, 0.2) is 11.6 Å². The second-order valence-electron chi connectivity index (χ2n) is 9.13. The highest BCUT2D eigenvalue weighted by Crippen LogP contribution is 2.49. The minimum Gasteiger partial charge on any atom is -0.299 e. The molecule has 174 valence electrons. The molecule has 3 aromatic carbocycles. The third-order valence-electron chi connectivity index (χ3n) is 7.23. The van der Waals surface area contributed by atoms with E-state index in [0.717, 1.165) is 18.7 Å².